The fourth-order valence-corrected chi connectivity index (χ4v) is 10.8. The SMILES string of the molecule is CC(C)(C)[C@H](CC(=O)C[C@H](C(=O)N1C[C@]2(C[C@H]1C(=O)CC(CC1CCC1)C(=O)C(N)=O)C(C)(C)C21CCC1)C(C)(C)C)CN1CCOCC1(C)C. The number of ketones is 3. The lowest BCUT2D eigenvalue weighted by Crippen LogP contribution is -2.55. The molecule has 2 saturated heterocycles. The monoisotopic (exact) mass is 712 g/mol. The molecule has 2 spiro atoms. The quantitative estimate of drug-likeness (QED) is 0.207. The Hall–Kier alpha value is -2.13. The highest BCUT2D eigenvalue weighted by Gasteiger charge is 2.85. The lowest BCUT2D eigenvalue weighted by molar-refractivity contribution is -0.147. The van der Waals surface area contributed by atoms with Gasteiger partial charge in [-0.1, -0.05) is 81.1 Å². The molecule has 3 aliphatic carbocycles. The molecule has 0 aromatic heterocycles. The Morgan fingerprint density at radius 2 is 1.51 bits per heavy atom. The molecular formula is C42H69N3O6. The number of amides is 2. The van der Waals surface area contributed by atoms with Crippen LogP contribution in [0.5, 0.6) is 0 Å². The first-order valence-corrected chi connectivity index (χ1v) is 20.0. The molecule has 0 aromatic carbocycles. The molecule has 5 atom stereocenters. The van der Waals surface area contributed by atoms with E-state index in [1.165, 1.54) is 0 Å². The standard InChI is InChI=1S/C42H69N3O6/c1-37(2,3)29(24-44-17-18-51-26-39(44,7)8)21-30(46)22-31(38(4,5)6)36(50)45-25-42(40(9,10)41(42)15-12-16-41)23-32(45)33(47)20-28(34(48)35(43)49)19-27-13-11-14-27/h27-29,31-32H,11-26H2,1-10H3,(H2,43,49)/t28?,29-,31-,32+,42-/m1/s1. The Morgan fingerprint density at radius 1 is 0.863 bits per heavy atom. The van der Waals surface area contributed by atoms with Gasteiger partial charge in [0, 0.05) is 61.7 Å². The van der Waals surface area contributed by atoms with E-state index in [4.69, 9.17) is 10.5 Å². The van der Waals surface area contributed by atoms with Crippen LogP contribution in [0.2, 0.25) is 0 Å². The minimum absolute atomic E-state index is 0.0135. The molecule has 3 saturated carbocycles. The van der Waals surface area contributed by atoms with E-state index in [1.54, 1.807) is 0 Å². The number of nitrogens with two attached hydrogens (primary N) is 1. The number of primary amides is 1. The van der Waals surface area contributed by atoms with Crippen molar-refractivity contribution in [1.29, 1.82) is 0 Å². The molecule has 5 fully saturated rings. The van der Waals surface area contributed by atoms with Crippen LogP contribution in [0.25, 0.3) is 0 Å². The molecule has 0 aromatic rings. The molecule has 2 aliphatic heterocycles. The number of carbonyl (C=O) groups excluding carboxylic acids is 5. The second kappa shape index (κ2) is 13.9. The van der Waals surface area contributed by atoms with Crippen molar-refractivity contribution in [3.8, 4) is 0 Å². The summed E-state index contributed by atoms with van der Waals surface area (Å²) in [5, 5.41) is 0. The van der Waals surface area contributed by atoms with Gasteiger partial charge < -0.3 is 15.4 Å². The molecule has 2 N–H and O–H groups in total. The Morgan fingerprint density at radius 3 is 1.98 bits per heavy atom. The third-order valence-electron chi connectivity index (χ3n) is 15.1. The summed E-state index contributed by atoms with van der Waals surface area (Å²) in [6.07, 6.45) is 7.95. The minimum atomic E-state index is -0.989. The molecule has 5 aliphatic rings. The number of hydrogen-bond acceptors (Lipinski definition) is 7. The van der Waals surface area contributed by atoms with Gasteiger partial charge in [-0.15, -0.1) is 0 Å². The van der Waals surface area contributed by atoms with Crippen LogP contribution < -0.4 is 5.73 Å². The van der Waals surface area contributed by atoms with Crippen molar-refractivity contribution in [2.45, 2.75) is 151 Å². The van der Waals surface area contributed by atoms with Crippen LogP contribution in [0.3, 0.4) is 0 Å². The maximum absolute atomic E-state index is 15.0. The number of fused-ring (bicyclic) bond motifs is 1. The molecule has 9 heteroatoms. The van der Waals surface area contributed by atoms with E-state index in [1.807, 2.05) is 25.7 Å². The number of morpholine rings is 1. The van der Waals surface area contributed by atoms with Crippen molar-refractivity contribution in [2.24, 2.45) is 56.5 Å². The predicted molar refractivity (Wildman–Crippen MR) is 198 cm³/mol. The second-order valence-corrected chi connectivity index (χ2v) is 20.7. The topological polar surface area (TPSA) is 127 Å². The van der Waals surface area contributed by atoms with Gasteiger partial charge in [-0.05, 0) is 73.0 Å². The molecule has 1 unspecified atom stereocenters. The van der Waals surface area contributed by atoms with E-state index in [9.17, 15) is 24.0 Å². The zero-order valence-corrected chi connectivity index (χ0v) is 33.6. The van der Waals surface area contributed by atoms with E-state index in [0.29, 0.717) is 44.9 Å². The molecule has 0 bridgehead atoms. The normalized spacial score (nSPS) is 28.8. The van der Waals surface area contributed by atoms with Crippen molar-refractivity contribution in [3.63, 3.8) is 0 Å². The van der Waals surface area contributed by atoms with Crippen LogP contribution in [-0.4, -0.2) is 83.4 Å². The fraction of sp³-hybridized carbons (Fsp3) is 0.881. The van der Waals surface area contributed by atoms with Gasteiger partial charge in [0.15, 0.2) is 5.78 Å². The first-order valence-electron chi connectivity index (χ1n) is 20.0. The van der Waals surface area contributed by atoms with Gasteiger partial charge in [0.25, 0.3) is 5.91 Å². The molecular weight excluding hydrogens is 642 g/mol. The molecule has 288 valence electrons. The summed E-state index contributed by atoms with van der Waals surface area (Å²) in [4.78, 5) is 72.9. The Balaban J connectivity index is 1.39. The van der Waals surface area contributed by atoms with Crippen LogP contribution in [0.1, 0.15) is 140 Å². The van der Waals surface area contributed by atoms with Gasteiger partial charge >= 0.3 is 0 Å². The molecule has 51 heavy (non-hydrogen) atoms. The highest BCUT2D eigenvalue weighted by Crippen LogP contribution is 2.88. The average molecular weight is 712 g/mol. The van der Waals surface area contributed by atoms with Gasteiger partial charge in [0.05, 0.1) is 19.3 Å². The van der Waals surface area contributed by atoms with Crippen molar-refractivity contribution < 1.29 is 28.7 Å². The van der Waals surface area contributed by atoms with Crippen LogP contribution in [0, 0.1) is 50.7 Å². The second-order valence-electron chi connectivity index (χ2n) is 20.7. The fourth-order valence-electron chi connectivity index (χ4n) is 10.8. The lowest BCUT2D eigenvalue weighted by Gasteiger charge is -2.46. The summed E-state index contributed by atoms with van der Waals surface area (Å²) in [6.45, 7) is 25.1. The zero-order valence-electron chi connectivity index (χ0n) is 33.6. The number of ether oxygens (including phenoxy) is 1. The summed E-state index contributed by atoms with van der Waals surface area (Å²) in [5.74, 6) is -2.76. The zero-order chi connectivity index (χ0) is 37.9. The van der Waals surface area contributed by atoms with Crippen LogP contribution in [0.4, 0.5) is 0 Å². The van der Waals surface area contributed by atoms with Crippen LogP contribution in [-0.2, 0) is 28.7 Å². The number of nitrogens with zero attached hydrogens (tertiary/aromatic N) is 2. The van der Waals surface area contributed by atoms with E-state index < -0.39 is 35.0 Å². The molecule has 9 nitrogen and oxygen atoms in total. The number of hydrogen-bond donors (Lipinski definition) is 1. The molecule has 5 rings (SSSR count). The van der Waals surface area contributed by atoms with E-state index in [0.717, 1.165) is 51.6 Å². The Labute approximate surface area is 307 Å². The lowest BCUT2D eigenvalue weighted by atomic mass is 9.73. The van der Waals surface area contributed by atoms with Gasteiger partial charge in [0.2, 0.25) is 11.7 Å². The smallest absolute Gasteiger partial charge is 0.285 e. The highest BCUT2D eigenvalue weighted by atomic mass is 16.5. The third-order valence-corrected chi connectivity index (χ3v) is 15.1. The van der Waals surface area contributed by atoms with E-state index in [2.05, 4.69) is 53.4 Å². The average Bonchev–Trinajstić information content (AvgIpc) is 3.19. The molecule has 2 heterocycles. The van der Waals surface area contributed by atoms with Crippen molar-refractivity contribution in [3.05, 3.63) is 0 Å². The minimum Gasteiger partial charge on any atom is -0.378 e. The van der Waals surface area contributed by atoms with Gasteiger partial charge in [-0.2, -0.15) is 0 Å². The number of carbonyl (C=O) groups is 5. The predicted octanol–water partition coefficient (Wildman–Crippen LogP) is 6.39. The van der Waals surface area contributed by atoms with Gasteiger partial charge in [-0.3, -0.25) is 28.9 Å². The van der Waals surface area contributed by atoms with Gasteiger partial charge in [0.1, 0.15) is 5.78 Å². The number of rotatable bonds is 14. The maximum Gasteiger partial charge on any atom is 0.285 e. The summed E-state index contributed by atoms with van der Waals surface area (Å²) in [5.41, 5.74) is 4.67. The largest absolute Gasteiger partial charge is 0.378 e. The number of likely N-dealkylation sites (tertiary alicyclic amines) is 1. The van der Waals surface area contributed by atoms with Gasteiger partial charge in [-0.25, -0.2) is 0 Å². The Bertz CT molecular complexity index is 1380. The summed E-state index contributed by atoms with van der Waals surface area (Å²) < 4.78 is 5.77. The summed E-state index contributed by atoms with van der Waals surface area (Å²) in [6, 6.07) is -0.674. The third kappa shape index (κ3) is 7.37. The Kier molecular flexibility index (Phi) is 10.9. The summed E-state index contributed by atoms with van der Waals surface area (Å²) >= 11 is 0. The maximum atomic E-state index is 15.0. The van der Waals surface area contributed by atoms with Crippen molar-refractivity contribution in [1.82, 2.24) is 9.80 Å². The van der Waals surface area contributed by atoms with E-state index >= 15 is 0 Å². The highest BCUT2D eigenvalue weighted by molar-refractivity contribution is 6.36. The van der Waals surface area contributed by atoms with Crippen molar-refractivity contribution in [2.75, 3.05) is 32.8 Å². The first kappa shape index (κ1) is 40.1. The number of Topliss-reactive ketones (excluding diaryl/α,β-unsaturated/α-hetero) is 3. The summed E-state index contributed by atoms with van der Waals surface area (Å²) in [7, 11) is 0. The van der Waals surface area contributed by atoms with Crippen LogP contribution >= 0.6 is 0 Å². The first-order chi connectivity index (χ1) is 23.5. The molecule has 2 amide bonds. The van der Waals surface area contributed by atoms with Crippen molar-refractivity contribution >= 4 is 29.2 Å². The van der Waals surface area contributed by atoms with E-state index in [-0.39, 0.29) is 63.4 Å². The molecule has 0 radical (unpaired) electrons. The van der Waals surface area contributed by atoms with Crippen LogP contribution in [0.15, 0.2) is 0 Å².